The van der Waals surface area contributed by atoms with E-state index in [1.807, 2.05) is 39.0 Å². The Morgan fingerprint density at radius 2 is 1.94 bits per heavy atom. The molecule has 0 radical (unpaired) electrons. The maximum absolute atomic E-state index is 13.3. The zero-order chi connectivity index (χ0) is 23.1. The van der Waals surface area contributed by atoms with Gasteiger partial charge >= 0.3 is 0 Å². The van der Waals surface area contributed by atoms with Gasteiger partial charge < -0.3 is 20.2 Å². The summed E-state index contributed by atoms with van der Waals surface area (Å²) in [6.45, 7) is 2.03. The lowest BCUT2D eigenvalue weighted by Crippen LogP contribution is -2.18. The molecular formula is C22H24N10O. The summed E-state index contributed by atoms with van der Waals surface area (Å²) in [4.78, 5) is 39.3. The second-order valence-electron chi connectivity index (χ2n) is 8.02. The van der Waals surface area contributed by atoms with Crippen LogP contribution in [0.4, 0.5) is 11.5 Å². The predicted octanol–water partition coefficient (Wildman–Crippen LogP) is 2.62. The number of imidazole rings is 1. The van der Waals surface area contributed by atoms with Crippen molar-refractivity contribution >= 4 is 33.6 Å². The third kappa shape index (κ3) is 3.67. The van der Waals surface area contributed by atoms with E-state index in [1.165, 1.54) is 0 Å². The molecular weight excluding hydrogens is 420 g/mol. The summed E-state index contributed by atoms with van der Waals surface area (Å²) in [5.41, 5.74) is 3.39. The van der Waals surface area contributed by atoms with Gasteiger partial charge in [0, 0.05) is 45.8 Å². The molecule has 0 fully saturated rings. The minimum atomic E-state index is -0.276. The van der Waals surface area contributed by atoms with E-state index in [1.54, 1.807) is 35.5 Å². The highest BCUT2D eigenvalue weighted by atomic mass is 16.1. The standard InChI is InChI=1S/C22H24N10O/c1-5-12(20-23-7-6-8-24-20)26-19-17(22(33)29-15-11-32(4)30-18(15)19)21-27-13-9-16(31(2)3)25-10-14(13)28-21/h6-12,26H,5H2,1-4H3,(H,27,28)(H,29,33)/t12-/m0/s1. The van der Waals surface area contributed by atoms with Crippen molar-refractivity contribution in [3.8, 4) is 11.4 Å². The summed E-state index contributed by atoms with van der Waals surface area (Å²) >= 11 is 0. The Labute approximate surface area is 188 Å². The van der Waals surface area contributed by atoms with Gasteiger partial charge in [-0.05, 0) is 12.5 Å². The first-order valence-electron chi connectivity index (χ1n) is 10.6. The van der Waals surface area contributed by atoms with Crippen LogP contribution in [0.5, 0.6) is 0 Å². The second kappa shape index (κ2) is 8.01. The number of pyridine rings is 2. The molecule has 0 amide bonds. The van der Waals surface area contributed by atoms with Crippen molar-refractivity contribution in [3.05, 3.63) is 53.1 Å². The first-order valence-corrected chi connectivity index (χ1v) is 10.6. The summed E-state index contributed by atoms with van der Waals surface area (Å²) in [6, 6.07) is 3.46. The van der Waals surface area contributed by atoms with E-state index in [2.05, 4.69) is 40.3 Å². The minimum absolute atomic E-state index is 0.219. The van der Waals surface area contributed by atoms with Gasteiger partial charge in [0.2, 0.25) is 0 Å². The van der Waals surface area contributed by atoms with E-state index < -0.39 is 0 Å². The molecule has 0 saturated carbocycles. The van der Waals surface area contributed by atoms with Crippen molar-refractivity contribution in [1.29, 1.82) is 0 Å². The number of fused-ring (bicyclic) bond motifs is 2. The number of nitrogens with one attached hydrogen (secondary N) is 3. The number of hydrogen-bond donors (Lipinski definition) is 3. The average Bonchev–Trinajstić information content (AvgIpc) is 3.39. The molecule has 168 valence electrons. The molecule has 5 heterocycles. The predicted molar refractivity (Wildman–Crippen MR) is 127 cm³/mol. The van der Waals surface area contributed by atoms with Gasteiger partial charge in [0.05, 0.1) is 29.0 Å². The largest absolute Gasteiger partial charge is 0.372 e. The summed E-state index contributed by atoms with van der Waals surface area (Å²) in [5, 5.41) is 8.07. The Kier molecular flexibility index (Phi) is 5.00. The van der Waals surface area contributed by atoms with Crippen molar-refractivity contribution in [3.63, 3.8) is 0 Å². The van der Waals surface area contributed by atoms with Crippen molar-refractivity contribution in [2.75, 3.05) is 24.3 Å². The molecule has 0 aliphatic carbocycles. The van der Waals surface area contributed by atoms with E-state index in [4.69, 9.17) is 0 Å². The maximum Gasteiger partial charge on any atom is 0.261 e. The van der Waals surface area contributed by atoms with Crippen LogP contribution in [0.3, 0.4) is 0 Å². The quantitative estimate of drug-likeness (QED) is 0.364. The number of anilines is 2. The smallest absolute Gasteiger partial charge is 0.261 e. The number of aromatic nitrogens is 8. The Bertz CT molecular complexity index is 1500. The number of H-pyrrole nitrogens is 2. The fourth-order valence-corrected chi connectivity index (χ4v) is 3.83. The number of aryl methyl sites for hydroxylation is 1. The van der Waals surface area contributed by atoms with Crippen LogP contribution >= 0.6 is 0 Å². The summed E-state index contributed by atoms with van der Waals surface area (Å²) in [5.74, 6) is 1.86. The van der Waals surface area contributed by atoms with E-state index in [9.17, 15) is 4.79 Å². The Morgan fingerprint density at radius 1 is 1.15 bits per heavy atom. The third-order valence-corrected chi connectivity index (χ3v) is 5.46. The van der Waals surface area contributed by atoms with Crippen LogP contribution in [-0.4, -0.2) is 53.8 Å². The van der Waals surface area contributed by atoms with Crippen LogP contribution in [0.15, 0.2) is 41.7 Å². The van der Waals surface area contributed by atoms with E-state index in [-0.39, 0.29) is 11.6 Å². The fourth-order valence-electron chi connectivity index (χ4n) is 3.83. The Hall–Kier alpha value is -4.28. The monoisotopic (exact) mass is 444 g/mol. The molecule has 0 aliphatic rings. The van der Waals surface area contributed by atoms with Gasteiger partial charge in [-0.2, -0.15) is 5.10 Å². The molecule has 1 atom stereocenters. The van der Waals surface area contributed by atoms with Crippen LogP contribution in [0.1, 0.15) is 25.2 Å². The Morgan fingerprint density at radius 3 is 2.67 bits per heavy atom. The molecule has 0 bridgehead atoms. The summed E-state index contributed by atoms with van der Waals surface area (Å²) < 4.78 is 1.67. The number of aromatic amines is 2. The molecule has 5 aromatic rings. The van der Waals surface area contributed by atoms with Crippen molar-refractivity contribution in [2.45, 2.75) is 19.4 Å². The highest BCUT2D eigenvalue weighted by molar-refractivity contribution is 5.96. The molecule has 33 heavy (non-hydrogen) atoms. The van der Waals surface area contributed by atoms with Crippen LogP contribution in [0.2, 0.25) is 0 Å². The summed E-state index contributed by atoms with van der Waals surface area (Å²) in [7, 11) is 5.66. The molecule has 5 aromatic heterocycles. The molecule has 0 aliphatic heterocycles. The van der Waals surface area contributed by atoms with Crippen LogP contribution in [0.25, 0.3) is 33.5 Å². The third-order valence-electron chi connectivity index (χ3n) is 5.46. The van der Waals surface area contributed by atoms with Crippen LogP contribution in [-0.2, 0) is 7.05 Å². The van der Waals surface area contributed by atoms with Gasteiger partial charge in [-0.25, -0.2) is 19.9 Å². The molecule has 11 nitrogen and oxygen atoms in total. The lowest BCUT2D eigenvalue weighted by atomic mass is 10.1. The van der Waals surface area contributed by atoms with E-state index in [0.717, 1.165) is 11.3 Å². The lowest BCUT2D eigenvalue weighted by Gasteiger charge is -2.18. The van der Waals surface area contributed by atoms with Gasteiger partial charge in [-0.15, -0.1) is 0 Å². The highest BCUT2D eigenvalue weighted by Crippen LogP contribution is 2.33. The normalized spacial score (nSPS) is 12.4. The minimum Gasteiger partial charge on any atom is -0.372 e. The second-order valence-corrected chi connectivity index (χ2v) is 8.02. The molecule has 0 unspecified atom stereocenters. The fraction of sp³-hybridized carbons (Fsp3) is 0.273. The van der Waals surface area contributed by atoms with Crippen LogP contribution < -0.4 is 15.8 Å². The molecule has 3 N–H and O–H groups in total. The number of nitrogens with zero attached hydrogens (tertiary/aromatic N) is 7. The number of rotatable bonds is 6. The lowest BCUT2D eigenvalue weighted by molar-refractivity contribution is 0.692. The van der Waals surface area contributed by atoms with Gasteiger partial charge in [0.1, 0.15) is 34.1 Å². The van der Waals surface area contributed by atoms with Crippen LogP contribution in [0, 0.1) is 0 Å². The van der Waals surface area contributed by atoms with Gasteiger partial charge in [-0.1, -0.05) is 6.92 Å². The molecule has 0 saturated heterocycles. The highest BCUT2D eigenvalue weighted by Gasteiger charge is 2.23. The molecule has 5 rings (SSSR count). The van der Waals surface area contributed by atoms with Crippen molar-refractivity contribution in [2.24, 2.45) is 7.05 Å². The van der Waals surface area contributed by atoms with E-state index in [0.29, 0.717) is 45.9 Å². The molecule has 0 aromatic carbocycles. The Balaban J connectivity index is 1.71. The zero-order valence-corrected chi connectivity index (χ0v) is 18.8. The SMILES string of the molecule is CC[C@H](Nc1c(-c2nc3cnc(N(C)C)cc3[nH]2)c(=O)[nH]c2cn(C)nc12)c1ncccn1. The molecule has 11 heteroatoms. The topological polar surface area (TPSA) is 133 Å². The van der Waals surface area contributed by atoms with Gasteiger partial charge in [-0.3, -0.25) is 9.48 Å². The first kappa shape index (κ1) is 20.6. The first-order chi connectivity index (χ1) is 15.9. The average molecular weight is 445 g/mol. The number of hydrogen-bond acceptors (Lipinski definition) is 8. The van der Waals surface area contributed by atoms with Gasteiger partial charge in [0.15, 0.2) is 0 Å². The summed E-state index contributed by atoms with van der Waals surface area (Å²) in [6.07, 6.45) is 7.59. The van der Waals surface area contributed by atoms with E-state index >= 15 is 0 Å². The van der Waals surface area contributed by atoms with Crippen molar-refractivity contribution < 1.29 is 0 Å². The zero-order valence-electron chi connectivity index (χ0n) is 18.8. The van der Waals surface area contributed by atoms with Crippen molar-refractivity contribution in [1.82, 2.24) is 39.7 Å². The molecule has 0 spiro atoms. The maximum atomic E-state index is 13.3. The van der Waals surface area contributed by atoms with Gasteiger partial charge in [0.25, 0.3) is 5.56 Å².